The van der Waals surface area contributed by atoms with Crippen molar-refractivity contribution < 1.29 is 0 Å². The van der Waals surface area contributed by atoms with Gasteiger partial charge in [-0.1, -0.05) is 18.2 Å². The summed E-state index contributed by atoms with van der Waals surface area (Å²) in [4.78, 5) is 4.19. The van der Waals surface area contributed by atoms with E-state index in [0.717, 1.165) is 22.5 Å². The van der Waals surface area contributed by atoms with Crippen LogP contribution in [0.25, 0.3) is 11.1 Å². The van der Waals surface area contributed by atoms with Gasteiger partial charge in [0.2, 0.25) is 0 Å². The first-order chi connectivity index (χ1) is 9.99. The van der Waals surface area contributed by atoms with Gasteiger partial charge in [-0.2, -0.15) is 0 Å². The number of aryl methyl sites for hydroxylation is 2. The Kier molecular flexibility index (Phi) is 3.14. The van der Waals surface area contributed by atoms with E-state index in [9.17, 15) is 0 Å². The van der Waals surface area contributed by atoms with Crippen LogP contribution < -0.4 is 16.5 Å². The van der Waals surface area contributed by atoms with Crippen LogP contribution in [0.3, 0.4) is 0 Å². The summed E-state index contributed by atoms with van der Waals surface area (Å²) in [5.41, 5.74) is 11.6. The Bertz CT molecular complexity index is 781. The predicted molar refractivity (Wildman–Crippen MR) is 85.4 cm³/mol. The zero-order valence-corrected chi connectivity index (χ0v) is 12.4. The molecule has 1 aromatic heterocycles. The van der Waals surface area contributed by atoms with Gasteiger partial charge in [0.25, 0.3) is 0 Å². The summed E-state index contributed by atoms with van der Waals surface area (Å²) in [5, 5.41) is 11.6. The molecule has 1 aliphatic heterocycles. The maximum atomic E-state index is 8.47. The highest BCUT2D eigenvalue weighted by Crippen LogP contribution is 2.27. The van der Waals surface area contributed by atoms with Crippen LogP contribution in [0.4, 0.5) is 5.82 Å². The SMILES string of the molecule is Cc1cccc(C)c1-c1cc2c(n(C)c1=N)NC(N)N=C2. The van der Waals surface area contributed by atoms with Crippen molar-refractivity contribution in [3.05, 3.63) is 46.4 Å². The molecule has 2 aromatic rings. The van der Waals surface area contributed by atoms with Gasteiger partial charge in [0.05, 0.1) is 0 Å². The standard InChI is InChI=1S/C16H19N5/c1-9-5-4-6-10(2)13(9)12-7-11-8-19-16(18)20-15(11)21(3)14(12)17/h4-8,16-17,20H,18H2,1-3H3. The maximum absolute atomic E-state index is 8.47. The van der Waals surface area contributed by atoms with E-state index >= 15 is 0 Å². The fourth-order valence-electron chi connectivity index (χ4n) is 2.82. The smallest absolute Gasteiger partial charge is 0.172 e. The summed E-state index contributed by atoms with van der Waals surface area (Å²) in [5.74, 6) is 0.831. The average Bonchev–Trinajstić information content (AvgIpc) is 2.44. The van der Waals surface area contributed by atoms with Crippen LogP contribution in [-0.2, 0) is 7.05 Å². The summed E-state index contributed by atoms with van der Waals surface area (Å²) in [6, 6.07) is 8.19. The molecular weight excluding hydrogens is 262 g/mol. The summed E-state index contributed by atoms with van der Waals surface area (Å²) in [7, 11) is 1.87. The van der Waals surface area contributed by atoms with E-state index in [2.05, 4.69) is 36.3 Å². The van der Waals surface area contributed by atoms with Gasteiger partial charge >= 0.3 is 0 Å². The van der Waals surface area contributed by atoms with E-state index in [1.54, 1.807) is 6.21 Å². The van der Waals surface area contributed by atoms with Crippen LogP contribution in [-0.4, -0.2) is 17.1 Å². The molecule has 1 aromatic carbocycles. The van der Waals surface area contributed by atoms with Crippen LogP contribution in [0, 0.1) is 19.3 Å². The molecule has 1 unspecified atom stereocenters. The molecule has 5 heteroatoms. The highest BCUT2D eigenvalue weighted by molar-refractivity contribution is 5.90. The minimum absolute atomic E-state index is 0.450. The fraction of sp³-hybridized carbons (Fsp3) is 0.250. The number of pyridine rings is 1. The zero-order chi connectivity index (χ0) is 15.1. The Morgan fingerprint density at radius 2 is 1.95 bits per heavy atom. The van der Waals surface area contributed by atoms with Crippen LogP contribution in [0.15, 0.2) is 29.3 Å². The van der Waals surface area contributed by atoms with E-state index < -0.39 is 6.29 Å². The largest absolute Gasteiger partial charge is 0.337 e. The molecule has 4 N–H and O–H groups in total. The van der Waals surface area contributed by atoms with E-state index in [-0.39, 0.29) is 0 Å². The molecule has 108 valence electrons. The van der Waals surface area contributed by atoms with E-state index in [4.69, 9.17) is 11.1 Å². The van der Waals surface area contributed by atoms with E-state index in [1.807, 2.05) is 23.7 Å². The number of nitrogens with zero attached hydrogens (tertiary/aromatic N) is 2. The number of fused-ring (bicyclic) bond motifs is 1. The van der Waals surface area contributed by atoms with Crippen molar-refractivity contribution >= 4 is 12.0 Å². The first-order valence-corrected chi connectivity index (χ1v) is 6.89. The van der Waals surface area contributed by atoms with Gasteiger partial charge in [-0.15, -0.1) is 0 Å². The predicted octanol–water partition coefficient (Wildman–Crippen LogP) is 1.88. The second kappa shape index (κ2) is 4.86. The number of aliphatic imine (C=N–C) groups is 1. The van der Waals surface area contributed by atoms with Gasteiger partial charge in [0, 0.05) is 24.4 Å². The molecule has 0 saturated heterocycles. The van der Waals surface area contributed by atoms with E-state index in [0.29, 0.717) is 5.49 Å². The molecule has 0 aliphatic carbocycles. The third-order valence-corrected chi connectivity index (χ3v) is 3.91. The van der Waals surface area contributed by atoms with Crippen molar-refractivity contribution in [2.75, 3.05) is 5.32 Å². The third-order valence-electron chi connectivity index (χ3n) is 3.91. The lowest BCUT2D eigenvalue weighted by molar-refractivity contribution is 0.749. The van der Waals surface area contributed by atoms with Gasteiger partial charge in [-0.05, 0) is 36.6 Å². The first kappa shape index (κ1) is 13.6. The summed E-state index contributed by atoms with van der Waals surface area (Å²) < 4.78 is 1.82. The topological polar surface area (TPSA) is 79.2 Å². The highest BCUT2D eigenvalue weighted by Gasteiger charge is 2.17. The maximum Gasteiger partial charge on any atom is 0.172 e. The monoisotopic (exact) mass is 281 g/mol. The lowest BCUT2D eigenvalue weighted by atomic mass is 9.95. The first-order valence-electron chi connectivity index (χ1n) is 6.89. The third kappa shape index (κ3) is 2.15. The number of aromatic nitrogens is 1. The molecule has 5 nitrogen and oxygen atoms in total. The Hall–Kier alpha value is -2.40. The summed E-state index contributed by atoms with van der Waals surface area (Å²) in [6.45, 7) is 4.15. The number of benzene rings is 1. The normalized spacial score (nSPS) is 16.5. The Morgan fingerprint density at radius 3 is 2.62 bits per heavy atom. The second-order valence-electron chi connectivity index (χ2n) is 5.40. The number of anilines is 1. The molecule has 0 bridgehead atoms. The molecule has 0 spiro atoms. The minimum Gasteiger partial charge on any atom is -0.337 e. The van der Waals surface area contributed by atoms with Crippen molar-refractivity contribution in [1.82, 2.24) is 4.57 Å². The number of hydrogen-bond acceptors (Lipinski definition) is 4. The molecule has 0 amide bonds. The van der Waals surface area contributed by atoms with Gasteiger partial charge in [0.1, 0.15) is 11.3 Å². The van der Waals surface area contributed by atoms with Crippen LogP contribution >= 0.6 is 0 Å². The molecule has 0 fully saturated rings. The second-order valence-corrected chi connectivity index (χ2v) is 5.40. The minimum atomic E-state index is -0.450. The number of nitrogens with one attached hydrogen (secondary N) is 2. The summed E-state index contributed by atoms with van der Waals surface area (Å²) >= 11 is 0. The van der Waals surface area contributed by atoms with E-state index in [1.165, 1.54) is 11.1 Å². The molecule has 21 heavy (non-hydrogen) atoms. The quantitative estimate of drug-likeness (QED) is 0.746. The Labute approximate surface area is 123 Å². The highest BCUT2D eigenvalue weighted by atomic mass is 15.2. The van der Waals surface area contributed by atoms with Crippen LogP contribution in [0.2, 0.25) is 0 Å². The van der Waals surface area contributed by atoms with Crippen molar-refractivity contribution in [1.29, 1.82) is 5.41 Å². The van der Waals surface area contributed by atoms with Crippen LogP contribution in [0.5, 0.6) is 0 Å². The van der Waals surface area contributed by atoms with Gasteiger partial charge in [-0.25, -0.2) is 0 Å². The molecule has 1 aliphatic rings. The van der Waals surface area contributed by atoms with Crippen molar-refractivity contribution in [2.24, 2.45) is 17.8 Å². The molecule has 2 heterocycles. The lowest BCUT2D eigenvalue weighted by Gasteiger charge is -2.23. The number of hydrogen-bond donors (Lipinski definition) is 3. The fourth-order valence-corrected chi connectivity index (χ4v) is 2.82. The van der Waals surface area contributed by atoms with Crippen molar-refractivity contribution in [3.8, 4) is 11.1 Å². The Morgan fingerprint density at radius 1 is 1.29 bits per heavy atom. The van der Waals surface area contributed by atoms with Gasteiger partial charge < -0.3 is 9.88 Å². The van der Waals surface area contributed by atoms with Crippen molar-refractivity contribution in [3.63, 3.8) is 0 Å². The zero-order valence-electron chi connectivity index (χ0n) is 12.4. The lowest BCUT2D eigenvalue weighted by Crippen LogP contribution is -2.35. The van der Waals surface area contributed by atoms with Crippen molar-refractivity contribution in [2.45, 2.75) is 20.1 Å². The van der Waals surface area contributed by atoms with Gasteiger partial charge in [-0.3, -0.25) is 16.1 Å². The molecule has 1 atom stereocenters. The number of nitrogens with two attached hydrogens (primary N) is 1. The van der Waals surface area contributed by atoms with Gasteiger partial charge in [0.15, 0.2) is 6.29 Å². The molecular formula is C16H19N5. The molecule has 3 rings (SSSR count). The summed E-state index contributed by atoms with van der Waals surface area (Å²) in [6.07, 6.45) is 1.32. The number of rotatable bonds is 1. The van der Waals surface area contributed by atoms with Crippen LogP contribution in [0.1, 0.15) is 16.7 Å². The average molecular weight is 281 g/mol. The molecule has 0 saturated carbocycles. The Balaban J connectivity index is 2.31. The molecule has 0 radical (unpaired) electrons.